The SMILES string of the molecule is CC(CNC(=O)c1cccc(NC(=O)C2CCCO2)c1)CC(=O)O. The number of anilines is 1. The maximum absolute atomic E-state index is 12.1. The molecular weight excluding hydrogens is 312 g/mol. The molecule has 1 saturated heterocycles. The van der Waals surface area contributed by atoms with Crippen LogP contribution < -0.4 is 10.6 Å². The maximum Gasteiger partial charge on any atom is 0.303 e. The highest BCUT2D eigenvalue weighted by molar-refractivity contribution is 5.98. The second-order valence-electron chi connectivity index (χ2n) is 5.98. The summed E-state index contributed by atoms with van der Waals surface area (Å²) in [5, 5.41) is 14.2. The largest absolute Gasteiger partial charge is 0.481 e. The van der Waals surface area contributed by atoms with Crippen LogP contribution in [0, 0.1) is 5.92 Å². The van der Waals surface area contributed by atoms with Crippen LogP contribution in [0.4, 0.5) is 5.69 Å². The van der Waals surface area contributed by atoms with Crippen molar-refractivity contribution >= 4 is 23.5 Å². The molecule has 2 atom stereocenters. The molecule has 1 heterocycles. The average Bonchev–Trinajstić information content (AvgIpc) is 3.07. The standard InChI is InChI=1S/C17H22N2O5/c1-11(8-15(20)21)10-18-16(22)12-4-2-5-13(9-12)19-17(23)14-6-3-7-24-14/h2,4-5,9,11,14H,3,6-8,10H2,1H3,(H,18,22)(H,19,23)(H,20,21). The van der Waals surface area contributed by atoms with Crippen LogP contribution in [0.1, 0.15) is 36.5 Å². The smallest absolute Gasteiger partial charge is 0.303 e. The van der Waals surface area contributed by atoms with Gasteiger partial charge in [0.05, 0.1) is 0 Å². The molecule has 3 N–H and O–H groups in total. The Kier molecular flexibility index (Phi) is 6.31. The first kappa shape index (κ1) is 17.9. The van der Waals surface area contributed by atoms with Crippen molar-refractivity contribution in [3.05, 3.63) is 29.8 Å². The summed E-state index contributed by atoms with van der Waals surface area (Å²) >= 11 is 0. The summed E-state index contributed by atoms with van der Waals surface area (Å²) in [5.74, 6) is -1.56. The van der Waals surface area contributed by atoms with Gasteiger partial charge < -0.3 is 20.5 Å². The van der Waals surface area contributed by atoms with Crippen molar-refractivity contribution in [3.8, 4) is 0 Å². The minimum Gasteiger partial charge on any atom is -0.481 e. The number of carboxylic acid groups (broad SMARTS) is 1. The van der Waals surface area contributed by atoms with Gasteiger partial charge in [-0.1, -0.05) is 13.0 Å². The summed E-state index contributed by atoms with van der Waals surface area (Å²) < 4.78 is 5.32. The zero-order valence-electron chi connectivity index (χ0n) is 13.6. The fourth-order valence-electron chi connectivity index (χ4n) is 2.48. The van der Waals surface area contributed by atoms with Gasteiger partial charge >= 0.3 is 5.97 Å². The number of carbonyl (C=O) groups excluding carboxylic acids is 2. The average molecular weight is 334 g/mol. The Bertz CT molecular complexity index is 611. The van der Waals surface area contributed by atoms with E-state index in [1.807, 2.05) is 0 Å². The number of hydrogen-bond donors (Lipinski definition) is 3. The molecule has 2 rings (SSSR count). The van der Waals surface area contributed by atoms with E-state index in [4.69, 9.17) is 9.84 Å². The van der Waals surface area contributed by atoms with Crippen molar-refractivity contribution < 1.29 is 24.2 Å². The number of carbonyl (C=O) groups is 3. The van der Waals surface area contributed by atoms with Crippen LogP contribution >= 0.6 is 0 Å². The zero-order chi connectivity index (χ0) is 17.5. The monoisotopic (exact) mass is 334 g/mol. The van der Waals surface area contributed by atoms with Gasteiger partial charge in [0.15, 0.2) is 0 Å². The maximum atomic E-state index is 12.1. The molecule has 2 unspecified atom stereocenters. The lowest BCUT2D eigenvalue weighted by atomic mass is 10.1. The summed E-state index contributed by atoms with van der Waals surface area (Å²) in [5.41, 5.74) is 0.935. The molecule has 0 radical (unpaired) electrons. The van der Waals surface area contributed by atoms with Crippen LogP contribution in [0.3, 0.4) is 0 Å². The van der Waals surface area contributed by atoms with Gasteiger partial charge in [-0.05, 0) is 37.0 Å². The number of benzene rings is 1. The van der Waals surface area contributed by atoms with Crippen molar-refractivity contribution in [3.63, 3.8) is 0 Å². The van der Waals surface area contributed by atoms with Crippen molar-refractivity contribution in [2.24, 2.45) is 5.92 Å². The molecular formula is C17H22N2O5. The topological polar surface area (TPSA) is 105 Å². The molecule has 24 heavy (non-hydrogen) atoms. The Labute approximate surface area is 140 Å². The summed E-state index contributed by atoms with van der Waals surface area (Å²) in [6, 6.07) is 6.61. The third-order valence-corrected chi connectivity index (χ3v) is 3.75. The zero-order valence-corrected chi connectivity index (χ0v) is 13.6. The molecule has 1 fully saturated rings. The fraction of sp³-hybridized carbons (Fsp3) is 0.471. The number of rotatable bonds is 7. The van der Waals surface area contributed by atoms with Crippen LogP contribution in [0.25, 0.3) is 0 Å². The molecule has 0 bridgehead atoms. The van der Waals surface area contributed by atoms with Crippen LogP contribution in [0.2, 0.25) is 0 Å². The molecule has 1 aromatic carbocycles. The van der Waals surface area contributed by atoms with E-state index in [0.29, 0.717) is 24.3 Å². The van der Waals surface area contributed by atoms with Crippen molar-refractivity contribution in [2.45, 2.75) is 32.3 Å². The van der Waals surface area contributed by atoms with E-state index >= 15 is 0 Å². The van der Waals surface area contributed by atoms with Gasteiger partial charge in [0.2, 0.25) is 0 Å². The van der Waals surface area contributed by atoms with Gasteiger partial charge in [-0.15, -0.1) is 0 Å². The van der Waals surface area contributed by atoms with Crippen LogP contribution in [0.15, 0.2) is 24.3 Å². The molecule has 130 valence electrons. The van der Waals surface area contributed by atoms with Crippen molar-refractivity contribution in [1.82, 2.24) is 5.32 Å². The number of amides is 2. The molecule has 2 amide bonds. The highest BCUT2D eigenvalue weighted by Gasteiger charge is 2.23. The molecule has 1 aromatic rings. The fourth-order valence-corrected chi connectivity index (χ4v) is 2.48. The van der Waals surface area contributed by atoms with E-state index in [1.165, 1.54) is 0 Å². The van der Waals surface area contributed by atoms with Crippen LogP contribution in [-0.4, -0.2) is 42.1 Å². The van der Waals surface area contributed by atoms with Gasteiger partial charge in [-0.25, -0.2) is 0 Å². The van der Waals surface area contributed by atoms with Crippen LogP contribution in [-0.2, 0) is 14.3 Å². The summed E-state index contributed by atoms with van der Waals surface area (Å²) in [6.45, 7) is 2.62. The van der Waals surface area contributed by atoms with Gasteiger partial charge in [0, 0.05) is 30.8 Å². The molecule has 0 aromatic heterocycles. The first-order valence-corrected chi connectivity index (χ1v) is 7.98. The summed E-state index contributed by atoms with van der Waals surface area (Å²) in [4.78, 5) is 34.8. The molecule has 0 saturated carbocycles. The molecule has 7 nitrogen and oxygen atoms in total. The van der Waals surface area contributed by atoms with E-state index in [2.05, 4.69) is 10.6 Å². The third kappa shape index (κ3) is 5.34. The van der Waals surface area contributed by atoms with Crippen molar-refractivity contribution in [1.29, 1.82) is 0 Å². The summed E-state index contributed by atoms with van der Waals surface area (Å²) in [6.07, 6.45) is 1.14. The number of carboxylic acids is 1. The highest BCUT2D eigenvalue weighted by atomic mass is 16.5. The lowest BCUT2D eigenvalue weighted by Crippen LogP contribution is -2.29. The second-order valence-corrected chi connectivity index (χ2v) is 5.98. The van der Waals surface area contributed by atoms with E-state index in [0.717, 1.165) is 6.42 Å². The number of hydrogen-bond acceptors (Lipinski definition) is 4. The predicted molar refractivity (Wildman–Crippen MR) is 87.8 cm³/mol. The minimum atomic E-state index is -0.893. The van der Waals surface area contributed by atoms with Gasteiger partial charge in [-0.3, -0.25) is 14.4 Å². The summed E-state index contributed by atoms with van der Waals surface area (Å²) in [7, 11) is 0. The quantitative estimate of drug-likeness (QED) is 0.703. The van der Waals surface area contributed by atoms with Crippen LogP contribution in [0.5, 0.6) is 0 Å². The molecule has 1 aliphatic heterocycles. The van der Waals surface area contributed by atoms with Gasteiger partial charge in [-0.2, -0.15) is 0 Å². The molecule has 0 spiro atoms. The minimum absolute atomic E-state index is 0.00222. The van der Waals surface area contributed by atoms with E-state index in [9.17, 15) is 14.4 Å². The Morgan fingerprint density at radius 2 is 2.17 bits per heavy atom. The Balaban J connectivity index is 1.90. The molecule has 7 heteroatoms. The second kappa shape index (κ2) is 8.44. The van der Waals surface area contributed by atoms with E-state index < -0.39 is 12.1 Å². The van der Waals surface area contributed by atoms with E-state index in [1.54, 1.807) is 31.2 Å². The number of ether oxygens (including phenoxy) is 1. The highest BCUT2D eigenvalue weighted by Crippen LogP contribution is 2.16. The normalized spacial score (nSPS) is 18.0. The first-order chi connectivity index (χ1) is 11.5. The Hall–Kier alpha value is -2.41. The van der Waals surface area contributed by atoms with E-state index in [-0.39, 0.29) is 30.7 Å². The molecule has 0 aliphatic carbocycles. The number of aliphatic carboxylic acids is 1. The Morgan fingerprint density at radius 3 is 2.83 bits per heavy atom. The lowest BCUT2D eigenvalue weighted by Gasteiger charge is -2.12. The van der Waals surface area contributed by atoms with Gasteiger partial charge in [0.25, 0.3) is 11.8 Å². The number of nitrogens with one attached hydrogen (secondary N) is 2. The van der Waals surface area contributed by atoms with Gasteiger partial charge in [0.1, 0.15) is 6.10 Å². The molecule has 1 aliphatic rings. The predicted octanol–water partition coefficient (Wildman–Crippen LogP) is 1.64. The third-order valence-electron chi connectivity index (χ3n) is 3.75. The first-order valence-electron chi connectivity index (χ1n) is 7.98. The Morgan fingerprint density at radius 1 is 1.38 bits per heavy atom. The van der Waals surface area contributed by atoms with Crippen molar-refractivity contribution in [2.75, 3.05) is 18.5 Å². The lowest BCUT2D eigenvalue weighted by molar-refractivity contribution is -0.137.